The standard InChI is InChI=1S/C23H28BrClN2O3/c1-4-16(3)26-23(29)21(5-2)27(14-17-6-10-19(25)11-7-17)22(28)15-30-20-12-8-18(24)9-13-20/h6-13,16,21H,4-5,14-15H2,1-3H3,(H,26,29)/t16-,21+/m0/s1. The largest absolute Gasteiger partial charge is 0.484 e. The number of halogens is 2. The lowest BCUT2D eigenvalue weighted by Crippen LogP contribution is -2.51. The maximum absolute atomic E-state index is 13.1. The van der Waals surface area contributed by atoms with Crippen molar-refractivity contribution in [3.05, 3.63) is 63.6 Å². The molecule has 0 spiro atoms. The van der Waals surface area contributed by atoms with Crippen molar-refractivity contribution in [3.8, 4) is 5.75 Å². The fraction of sp³-hybridized carbons (Fsp3) is 0.391. The zero-order valence-corrected chi connectivity index (χ0v) is 19.9. The second-order valence-corrected chi connectivity index (χ2v) is 8.48. The highest BCUT2D eigenvalue weighted by Gasteiger charge is 2.29. The third-order valence-corrected chi connectivity index (χ3v) is 5.61. The summed E-state index contributed by atoms with van der Waals surface area (Å²) in [6.07, 6.45) is 1.32. The molecule has 162 valence electrons. The summed E-state index contributed by atoms with van der Waals surface area (Å²) in [6.45, 7) is 6.01. The Morgan fingerprint density at radius 2 is 1.70 bits per heavy atom. The average molecular weight is 496 g/mol. The van der Waals surface area contributed by atoms with E-state index >= 15 is 0 Å². The van der Waals surface area contributed by atoms with Crippen molar-refractivity contribution in [2.75, 3.05) is 6.61 Å². The second kappa shape index (κ2) is 12.0. The number of rotatable bonds is 10. The van der Waals surface area contributed by atoms with Gasteiger partial charge in [0.2, 0.25) is 5.91 Å². The summed E-state index contributed by atoms with van der Waals surface area (Å²) in [5.41, 5.74) is 0.895. The third kappa shape index (κ3) is 7.33. The Labute approximate surface area is 191 Å². The summed E-state index contributed by atoms with van der Waals surface area (Å²) >= 11 is 9.36. The fourth-order valence-corrected chi connectivity index (χ4v) is 3.30. The van der Waals surface area contributed by atoms with Crippen molar-refractivity contribution in [2.24, 2.45) is 0 Å². The van der Waals surface area contributed by atoms with Gasteiger partial charge in [0, 0.05) is 22.1 Å². The van der Waals surface area contributed by atoms with Gasteiger partial charge in [-0.1, -0.05) is 53.5 Å². The zero-order chi connectivity index (χ0) is 22.1. The van der Waals surface area contributed by atoms with Crippen LogP contribution in [0, 0.1) is 0 Å². The van der Waals surface area contributed by atoms with E-state index in [1.807, 2.05) is 45.0 Å². The van der Waals surface area contributed by atoms with Crippen LogP contribution in [0.15, 0.2) is 53.0 Å². The first kappa shape index (κ1) is 24.2. The van der Waals surface area contributed by atoms with Crippen LogP contribution in [0.5, 0.6) is 5.75 Å². The molecule has 2 rings (SSSR count). The summed E-state index contributed by atoms with van der Waals surface area (Å²) in [6, 6.07) is 14.0. The van der Waals surface area contributed by atoms with Gasteiger partial charge < -0.3 is 15.0 Å². The van der Waals surface area contributed by atoms with Gasteiger partial charge in [0.25, 0.3) is 5.91 Å². The lowest BCUT2D eigenvalue weighted by atomic mass is 10.1. The number of ether oxygens (including phenoxy) is 1. The van der Waals surface area contributed by atoms with Crippen LogP contribution in [-0.2, 0) is 16.1 Å². The molecule has 0 fully saturated rings. The van der Waals surface area contributed by atoms with Crippen molar-refractivity contribution < 1.29 is 14.3 Å². The Hall–Kier alpha value is -2.05. The SMILES string of the molecule is CC[C@H](C(=O)N[C@@H](C)CC)N(Cc1ccc(Cl)cc1)C(=O)COc1ccc(Br)cc1. The Morgan fingerprint density at radius 1 is 1.07 bits per heavy atom. The molecule has 30 heavy (non-hydrogen) atoms. The lowest BCUT2D eigenvalue weighted by molar-refractivity contribution is -0.143. The van der Waals surface area contributed by atoms with Gasteiger partial charge in [-0.2, -0.15) is 0 Å². The normalized spacial score (nSPS) is 12.7. The molecule has 0 bridgehead atoms. The van der Waals surface area contributed by atoms with E-state index in [1.54, 1.807) is 29.2 Å². The van der Waals surface area contributed by atoms with E-state index in [-0.39, 0.29) is 24.5 Å². The number of carbonyl (C=O) groups excluding carboxylic acids is 2. The highest BCUT2D eigenvalue weighted by Crippen LogP contribution is 2.18. The van der Waals surface area contributed by atoms with Gasteiger partial charge in [0.1, 0.15) is 11.8 Å². The first-order chi connectivity index (χ1) is 14.3. The number of nitrogens with zero attached hydrogens (tertiary/aromatic N) is 1. The number of carbonyl (C=O) groups is 2. The van der Waals surface area contributed by atoms with Crippen LogP contribution in [0.3, 0.4) is 0 Å². The van der Waals surface area contributed by atoms with Crippen LogP contribution in [0.25, 0.3) is 0 Å². The molecule has 1 N–H and O–H groups in total. The molecule has 2 aromatic carbocycles. The molecule has 7 heteroatoms. The number of amides is 2. The predicted molar refractivity (Wildman–Crippen MR) is 124 cm³/mol. The van der Waals surface area contributed by atoms with E-state index in [0.29, 0.717) is 23.7 Å². The summed E-state index contributed by atoms with van der Waals surface area (Å²) < 4.78 is 6.60. The van der Waals surface area contributed by atoms with Gasteiger partial charge in [-0.15, -0.1) is 0 Å². The van der Waals surface area contributed by atoms with Crippen LogP contribution >= 0.6 is 27.5 Å². The summed E-state index contributed by atoms with van der Waals surface area (Å²) in [4.78, 5) is 27.6. The first-order valence-corrected chi connectivity index (χ1v) is 11.2. The van der Waals surface area contributed by atoms with Gasteiger partial charge in [-0.3, -0.25) is 9.59 Å². The molecular formula is C23H28BrClN2O3. The number of hydrogen-bond donors (Lipinski definition) is 1. The van der Waals surface area contributed by atoms with E-state index in [0.717, 1.165) is 16.5 Å². The minimum Gasteiger partial charge on any atom is -0.484 e. The van der Waals surface area contributed by atoms with Crippen molar-refractivity contribution in [2.45, 2.75) is 52.2 Å². The Bertz CT molecular complexity index is 827. The minimum absolute atomic E-state index is 0.0399. The molecule has 5 nitrogen and oxygen atoms in total. The van der Waals surface area contributed by atoms with Gasteiger partial charge >= 0.3 is 0 Å². The quantitative estimate of drug-likeness (QED) is 0.493. The molecule has 0 aliphatic heterocycles. The maximum atomic E-state index is 13.1. The molecule has 0 aromatic heterocycles. The monoisotopic (exact) mass is 494 g/mol. The van der Waals surface area contributed by atoms with Crippen molar-refractivity contribution in [1.82, 2.24) is 10.2 Å². The summed E-state index contributed by atoms with van der Waals surface area (Å²) in [5, 5.41) is 3.61. The summed E-state index contributed by atoms with van der Waals surface area (Å²) in [7, 11) is 0. The predicted octanol–water partition coefficient (Wildman–Crippen LogP) is 5.20. The molecule has 0 radical (unpaired) electrons. The summed E-state index contributed by atoms with van der Waals surface area (Å²) in [5.74, 6) is 0.187. The molecule has 2 aromatic rings. The lowest BCUT2D eigenvalue weighted by Gasteiger charge is -2.31. The maximum Gasteiger partial charge on any atom is 0.261 e. The van der Waals surface area contributed by atoms with Crippen LogP contribution < -0.4 is 10.1 Å². The molecule has 2 atom stereocenters. The van der Waals surface area contributed by atoms with Crippen LogP contribution in [-0.4, -0.2) is 35.4 Å². The van der Waals surface area contributed by atoms with E-state index in [1.165, 1.54) is 0 Å². The second-order valence-electron chi connectivity index (χ2n) is 7.13. The van der Waals surface area contributed by atoms with E-state index in [2.05, 4.69) is 21.2 Å². The number of nitrogens with one attached hydrogen (secondary N) is 1. The Morgan fingerprint density at radius 3 is 2.27 bits per heavy atom. The van der Waals surface area contributed by atoms with Crippen LogP contribution in [0.1, 0.15) is 39.2 Å². The highest BCUT2D eigenvalue weighted by molar-refractivity contribution is 9.10. The molecule has 2 amide bonds. The van der Waals surface area contributed by atoms with Gasteiger partial charge in [0.15, 0.2) is 6.61 Å². The van der Waals surface area contributed by atoms with E-state index < -0.39 is 6.04 Å². The molecular weight excluding hydrogens is 468 g/mol. The van der Waals surface area contributed by atoms with Crippen molar-refractivity contribution >= 4 is 39.3 Å². The first-order valence-electron chi connectivity index (χ1n) is 10.1. The molecule has 0 aliphatic carbocycles. The average Bonchev–Trinajstić information content (AvgIpc) is 2.74. The molecule has 0 unspecified atom stereocenters. The highest BCUT2D eigenvalue weighted by atomic mass is 79.9. The number of hydrogen-bond acceptors (Lipinski definition) is 3. The minimum atomic E-state index is -0.587. The smallest absolute Gasteiger partial charge is 0.261 e. The van der Waals surface area contributed by atoms with Crippen LogP contribution in [0.2, 0.25) is 5.02 Å². The topological polar surface area (TPSA) is 58.6 Å². The fourth-order valence-electron chi connectivity index (χ4n) is 2.91. The van der Waals surface area contributed by atoms with E-state index in [4.69, 9.17) is 16.3 Å². The van der Waals surface area contributed by atoms with Gasteiger partial charge in [-0.05, 0) is 61.7 Å². The third-order valence-electron chi connectivity index (χ3n) is 4.83. The van der Waals surface area contributed by atoms with Crippen molar-refractivity contribution in [3.63, 3.8) is 0 Å². The van der Waals surface area contributed by atoms with Crippen LogP contribution in [0.4, 0.5) is 0 Å². The van der Waals surface area contributed by atoms with Gasteiger partial charge in [-0.25, -0.2) is 0 Å². The zero-order valence-electron chi connectivity index (χ0n) is 17.5. The Kier molecular flexibility index (Phi) is 9.66. The Balaban J connectivity index is 2.19. The molecule has 0 saturated heterocycles. The van der Waals surface area contributed by atoms with Gasteiger partial charge in [0.05, 0.1) is 0 Å². The van der Waals surface area contributed by atoms with E-state index in [9.17, 15) is 9.59 Å². The molecule has 0 heterocycles. The molecule has 0 aliphatic rings. The number of benzene rings is 2. The van der Waals surface area contributed by atoms with Crippen molar-refractivity contribution in [1.29, 1.82) is 0 Å². The molecule has 0 saturated carbocycles.